The number of hydrogen-bond donors (Lipinski definition) is 8. The van der Waals surface area contributed by atoms with Gasteiger partial charge in [-0.15, -0.1) is 10.2 Å². The predicted molar refractivity (Wildman–Crippen MR) is 499 cm³/mol. The Morgan fingerprint density at radius 2 is 0.624 bits per heavy atom. The van der Waals surface area contributed by atoms with E-state index in [9.17, 15) is 99.4 Å². The van der Waals surface area contributed by atoms with E-state index in [4.69, 9.17) is 66.5 Å². The highest BCUT2D eigenvalue weighted by Gasteiger charge is 2.49. The van der Waals surface area contributed by atoms with Crippen LogP contribution in [0.25, 0.3) is 21.5 Å². The molecule has 760 valence electrons. The largest absolute Gasteiger partial charge is 0.497 e. The van der Waals surface area contributed by atoms with Crippen LogP contribution in [0.5, 0.6) is 11.5 Å². The van der Waals surface area contributed by atoms with Gasteiger partial charge in [0.2, 0.25) is 0 Å². The fourth-order valence-corrected chi connectivity index (χ4v) is 12.7. The zero-order valence-corrected chi connectivity index (χ0v) is 79.8. The first-order valence-electron chi connectivity index (χ1n) is 44.2. The van der Waals surface area contributed by atoms with Gasteiger partial charge in [-0.05, 0) is 199 Å². The fourth-order valence-electron chi connectivity index (χ4n) is 12.7. The standard InChI is InChI=1S/C97H116N8O36/c1-13-102(140-37-35-130-81(114)61(3)63-15-17-67-41-75(128-11)31-19-65(67)39-63)73-27-23-71(24-28-73)98-100-77-33-21-69(43-79(77)104(124)125)83(116)132-57-97(59-138-89(122)95(9,53-134-85(118)91(5,45-106)46-107)54-135-86(119)92(6,47-108)48-109,60-139-90(123)96(10,55-136-87(120)93(7,49-110)50-111)56-137-88(121)94(8,51-112)52-113)58-133-84(117)70-22-34-78(80(44-70)105(126)127)101-99-72-25-29-74(30-26-72)103(14-2)141-38-36-131-82(115)62(4)64-16-18-68-42-76(129-12)32-20-66(68)40-64/h15-34,39-44,61-62,106-113H,13-14,35-38,45-60H2,1-12H3/t61-,62-/m0/s1. The molecule has 0 aliphatic carbocycles. The lowest BCUT2D eigenvalue weighted by Crippen LogP contribution is -2.49. The molecular formula is C97H116N8O36. The second-order valence-electron chi connectivity index (χ2n) is 34.9. The van der Waals surface area contributed by atoms with Gasteiger partial charge in [0.1, 0.15) is 129 Å². The van der Waals surface area contributed by atoms with Crippen molar-refractivity contribution in [1.82, 2.24) is 0 Å². The van der Waals surface area contributed by atoms with Gasteiger partial charge in [0.25, 0.3) is 11.4 Å². The number of nitrogens with zero attached hydrogens (tertiary/aromatic N) is 8. The van der Waals surface area contributed by atoms with Crippen molar-refractivity contribution in [2.75, 3.05) is 170 Å². The average molecular weight is 1970 g/mol. The van der Waals surface area contributed by atoms with Crippen molar-refractivity contribution < 1.29 is 165 Å². The molecule has 44 nitrogen and oxygen atoms in total. The molecule has 8 rings (SSSR count). The molecule has 0 saturated heterocycles. The maximum absolute atomic E-state index is 15.1. The molecule has 8 aromatic rings. The summed E-state index contributed by atoms with van der Waals surface area (Å²) in [6, 6.07) is 40.1. The quantitative estimate of drug-likeness (QED) is 0.00438. The summed E-state index contributed by atoms with van der Waals surface area (Å²) in [7, 11) is 3.14. The Balaban J connectivity index is 1.11. The first-order valence-corrected chi connectivity index (χ1v) is 44.2. The fraction of sp³-hybridized carbons (Fsp3) is 0.443. The number of methoxy groups -OCH3 is 2. The number of fused-ring (bicyclic) bond motifs is 2. The molecule has 0 amide bonds. The molecule has 0 saturated carbocycles. The summed E-state index contributed by atoms with van der Waals surface area (Å²) >= 11 is 0. The van der Waals surface area contributed by atoms with E-state index >= 15 is 9.59 Å². The first-order chi connectivity index (χ1) is 67.0. The van der Waals surface area contributed by atoms with Crippen LogP contribution in [-0.4, -0.2) is 270 Å². The van der Waals surface area contributed by atoms with Crippen LogP contribution < -0.4 is 19.6 Å². The number of rotatable bonds is 56. The summed E-state index contributed by atoms with van der Waals surface area (Å²) in [5, 5.41) is 130. The Labute approximate surface area is 809 Å². The first kappa shape index (κ1) is 112. The van der Waals surface area contributed by atoms with E-state index in [0.717, 1.165) is 98.5 Å². The summed E-state index contributed by atoms with van der Waals surface area (Å²) in [6.07, 6.45) is 0. The number of anilines is 2. The van der Waals surface area contributed by atoms with Gasteiger partial charge in [0.15, 0.2) is 11.4 Å². The number of aliphatic hydroxyl groups is 8. The number of benzene rings is 8. The number of carbonyl (C=O) groups excluding carboxylic acids is 10. The number of esters is 10. The van der Waals surface area contributed by atoms with Crippen molar-refractivity contribution in [1.29, 1.82) is 0 Å². The maximum Gasteiger partial charge on any atom is 0.338 e. The molecule has 0 radical (unpaired) electrons. The molecule has 8 aromatic carbocycles. The van der Waals surface area contributed by atoms with E-state index in [-0.39, 0.29) is 37.8 Å². The molecule has 0 aliphatic heterocycles. The molecule has 0 fully saturated rings. The van der Waals surface area contributed by atoms with E-state index < -0.39 is 259 Å². The van der Waals surface area contributed by atoms with E-state index in [2.05, 4.69) is 20.5 Å². The van der Waals surface area contributed by atoms with Crippen molar-refractivity contribution in [3.8, 4) is 11.5 Å². The molecule has 0 heterocycles. The molecule has 0 spiro atoms. The smallest absolute Gasteiger partial charge is 0.338 e. The molecule has 44 heteroatoms. The topological polar surface area (TPSA) is 604 Å². The molecule has 0 bridgehead atoms. The highest BCUT2D eigenvalue weighted by Crippen LogP contribution is 2.39. The van der Waals surface area contributed by atoms with Crippen LogP contribution in [0.4, 0.5) is 45.5 Å². The minimum absolute atomic E-state index is 0.0487. The third-order valence-corrected chi connectivity index (χ3v) is 23.1. The molecule has 0 aromatic heterocycles. The van der Waals surface area contributed by atoms with Crippen LogP contribution in [0.3, 0.4) is 0 Å². The number of ether oxygens (including phenoxy) is 12. The summed E-state index contributed by atoms with van der Waals surface area (Å²) in [5.74, 6) is -12.4. The summed E-state index contributed by atoms with van der Waals surface area (Å²) < 4.78 is 66.9. The predicted octanol–water partition coefficient (Wildman–Crippen LogP) is 10.1. The zero-order chi connectivity index (χ0) is 104. The second-order valence-corrected chi connectivity index (χ2v) is 34.9. The Morgan fingerprint density at radius 1 is 0.340 bits per heavy atom. The summed E-state index contributed by atoms with van der Waals surface area (Å²) in [4.78, 5) is 176. The van der Waals surface area contributed by atoms with Crippen molar-refractivity contribution >= 4 is 127 Å². The zero-order valence-electron chi connectivity index (χ0n) is 79.8. The van der Waals surface area contributed by atoms with Crippen LogP contribution in [0.1, 0.15) is 113 Å². The number of nitro benzene ring substituents is 2. The van der Waals surface area contributed by atoms with E-state index in [1.165, 1.54) is 34.4 Å². The minimum atomic E-state index is -2.67. The summed E-state index contributed by atoms with van der Waals surface area (Å²) in [5.41, 5.74) is -17.1. The monoisotopic (exact) mass is 1970 g/mol. The van der Waals surface area contributed by atoms with Crippen molar-refractivity contribution in [3.63, 3.8) is 0 Å². The van der Waals surface area contributed by atoms with Gasteiger partial charge < -0.3 is 97.7 Å². The summed E-state index contributed by atoms with van der Waals surface area (Å²) in [6.45, 7) is -5.09. The Bertz CT molecular complexity index is 5360. The molecule has 2 atom stereocenters. The lowest BCUT2D eigenvalue weighted by molar-refractivity contribution is -0.384. The van der Waals surface area contributed by atoms with Gasteiger partial charge >= 0.3 is 59.7 Å². The Kier molecular flexibility index (Phi) is 40.6. The van der Waals surface area contributed by atoms with Crippen molar-refractivity contribution in [2.24, 2.45) is 58.4 Å². The molecule has 141 heavy (non-hydrogen) atoms. The normalized spacial score (nSPS) is 12.5. The van der Waals surface area contributed by atoms with Crippen LogP contribution in [0.15, 0.2) is 178 Å². The lowest BCUT2D eigenvalue weighted by atomic mass is 9.89. The Hall–Kier alpha value is -14.2. The number of hydrogen-bond acceptors (Lipinski definition) is 42. The van der Waals surface area contributed by atoms with Crippen LogP contribution in [0.2, 0.25) is 0 Å². The van der Waals surface area contributed by atoms with Crippen LogP contribution >= 0.6 is 0 Å². The maximum atomic E-state index is 15.1. The highest BCUT2D eigenvalue weighted by molar-refractivity contribution is 5.93. The number of carbonyl (C=O) groups is 10. The van der Waals surface area contributed by atoms with Crippen LogP contribution in [0, 0.1) is 58.1 Å². The van der Waals surface area contributed by atoms with Gasteiger partial charge in [0.05, 0.1) is 123 Å². The number of hydroxylamine groups is 2. The molecule has 0 aliphatic rings. The lowest BCUT2D eigenvalue weighted by Gasteiger charge is -2.35. The highest BCUT2D eigenvalue weighted by atomic mass is 16.7. The number of azo groups is 2. The average Bonchev–Trinajstić information content (AvgIpc) is 0.813. The van der Waals surface area contributed by atoms with Gasteiger partial charge in [0, 0.05) is 25.2 Å². The van der Waals surface area contributed by atoms with Crippen molar-refractivity contribution in [2.45, 2.75) is 81.1 Å². The van der Waals surface area contributed by atoms with Gasteiger partial charge in [-0.3, -0.25) is 78.4 Å². The van der Waals surface area contributed by atoms with Crippen molar-refractivity contribution in [3.05, 3.63) is 200 Å². The SMILES string of the molecule is CCN(OCCOC(=O)[C@@H](C)c1ccc2cc(OC)ccc2c1)c1ccc(N=Nc2ccc(C(=O)OCC(COC(=O)c3ccc(N=Nc4ccc(N(CC)OCCOC(=O)[C@@H](C)c5ccc6cc(OC)ccc6c5)cc4)c([N+](=O)[O-])c3)(COC(=O)C(C)(COC(=O)C(C)(CO)CO)COC(=O)C(C)(CO)CO)COC(=O)C(C)(COC(=O)C(C)(CO)CO)COC(=O)C(C)(CO)CO)cc2[N+](=O)[O-])cc1. The van der Waals surface area contributed by atoms with Gasteiger partial charge in [-0.25, -0.2) is 9.59 Å². The minimum Gasteiger partial charge on any atom is -0.497 e. The van der Waals surface area contributed by atoms with E-state index in [0.29, 0.717) is 48.1 Å². The van der Waals surface area contributed by atoms with Crippen LogP contribution in [-0.2, 0) is 95.4 Å². The molecule has 0 unspecified atom stereocenters. The van der Waals surface area contributed by atoms with E-state index in [1.807, 2.05) is 72.8 Å². The molecular weight excluding hydrogens is 1850 g/mol. The second kappa shape index (κ2) is 51.1. The van der Waals surface area contributed by atoms with Gasteiger partial charge in [-0.2, -0.15) is 10.2 Å². The molecule has 8 N–H and O–H groups in total. The third kappa shape index (κ3) is 29.5. The Morgan fingerprint density at radius 3 is 0.915 bits per heavy atom. The van der Waals surface area contributed by atoms with Gasteiger partial charge in [-0.1, -0.05) is 48.5 Å². The third-order valence-electron chi connectivity index (χ3n) is 23.1. The number of aliphatic hydroxyl groups excluding tert-OH is 8. The number of nitro groups is 2. The van der Waals surface area contributed by atoms with E-state index in [1.54, 1.807) is 66.2 Å².